The van der Waals surface area contributed by atoms with Gasteiger partial charge >= 0.3 is 0 Å². The molecule has 1 aromatic rings. The van der Waals surface area contributed by atoms with E-state index in [1.165, 1.54) is 0 Å². The zero-order chi connectivity index (χ0) is 13.0. The lowest BCUT2D eigenvalue weighted by atomic mass is 10.1. The van der Waals surface area contributed by atoms with E-state index in [0.29, 0.717) is 17.1 Å². The van der Waals surface area contributed by atoms with E-state index in [1.807, 2.05) is 25.1 Å². The van der Waals surface area contributed by atoms with Gasteiger partial charge in [-0.1, -0.05) is 31.3 Å². The second-order valence-corrected chi connectivity index (χ2v) is 5.29. The zero-order valence-corrected chi connectivity index (χ0v) is 12.2. The maximum Gasteiger partial charge on any atom is 0.254 e. The molecule has 0 saturated carbocycles. The van der Waals surface area contributed by atoms with Crippen LogP contribution in [0.2, 0.25) is 0 Å². The van der Waals surface area contributed by atoms with Crippen molar-refractivity contribution in [1.82, 2.24) is 4.90 Å². The number of benzene rings is 1. The maximum atomic E-state index is 12.1. The molecule has 0 fully saturated rings. The molecule has 1 rings (SSSR count). The van der Waals surface area contributed by atoms with Crippen LogP contribution in [0, 0.1) is 5.92 Å². The van der Waals surface area contributed by atoms with Gasteiger partial charge in [-0.15, -0.1) is 0 Å². The summed E-state index contributed by atoms with van der Waals surface area (Å²) in [6, 6.07) is 7.34. The minimum atomic E-state index is -0.0411. The monoisotopic (exact) mass is 314 g/mol. The Balaban J connectivity index is 2.77. The van der Waals surface area contributed by atoms with Crippen LogP contribution in [0.3, 0.4) is 0 Å². The molecule has 0 bridgehead atoms. The highest BCUT2D eigenvalue weighted by atomic mass is 79.9. The number of amides is 1. The van der Waals surface area contributed by atoms with Crippen LogP contribution in [0.4, 0.5) is 0 Å². The smallest absolute Gasteiger partial charge is 0.254 e. The van der Waals surface area contributed by atoms with E-state index in [-0.39, 0.29) is 11.8 Å². The van der Waals surface area contributed by atoms with Crippen LogP contribution in [0.15, 0.2) is 28.7 Å². The SMILES string of the molecule is CC(CN(C)C(=O)c1ccccc1Br)C(N)=S. The molecule has 0 saturated heterocycles. The minimum absolute atomic E-state index is 0.0152. The first-order chi connectivity index (χ1) is 7.93. The van der Waals surface area contributed by atoms with Gasteiger partial charge in [-0.2, -0.15) is 0 Å². The van der Waals surface area contributed by atoms with Gasteiger partial charge in [0.25, 0.3) is 5.91 Å². The van der Waals surface area contributed by atoms with Crippen molar-refractivity contribution in [2.24, 2.45) is 11.7 Å². The molecule has 0 heterocycles. The van der Waals surface area contributed by atoms with Gasteiger partial charge in [0.15, 0.2) is 0 Å². The van der Waals surface area contributed by atoms with E-state index in [2.05, 4.69) is 15.9 Å². The summed E-state index contributed by atoms with van der Waals surface area (Å²) in [4.78, 5) is 14.2. The van der Waals surface area contributed by atoms with Gasteiger partial charge in [0.05, 0.1) is 10.6 Å². The Morgan fingerprint density at radius 1 is 1.53 bits per heavy atom. The molecule has 1 amide bonds. The van der Waals surface area contributed by atoms with Gasteiger partial charge in [0.1, 0.15) is 0 Å². The van der Waals surface area contributed by atoms with Crippen LogP contribution in [-0.2, 0) is 0 Å². The normalized spacial score (nSPS) is 11.9. The number of carbonyl (C=O) groups is 1. The molecule has 1 atom stereocenters. The van der Waals surface area contributed by atoms with Gasteiger partial charge in [0, 0.05) is 24.0 Å². The van der Waals surface area contributed by atoms with E-state index in [9.17, 15) is 4.79 Å². The van der Waals surface area contributed by atoms with Crippen molar-refractivity contribution in [3.63, 3.8) is 0 Å². The molecule has 0 spiro atoms. The van der Waals surface area contributed by atoms with Crippen LogP contribution >= 0.6 is 28.1 Å². The number of rotatable bonds is 4. The molecule has 17 heavy (non-hydrogen) atoms. The number of hydrogen-bond acceptors (Lipinski definition) is 2. The minimum Gasteiger partial charge on any atom is -0.393 e. The average molecular weight is 315 g/mol. The summed E-state index contributed by atoms with van der Waals surface area (Å²) in [7, 11) is 1.75. The Morgan fingerprint density at radius 2 is 2.12 bits per heavy atom. The fraction of sp³-hybridized carbons (Fsp3) is 0.333. The third kappa shape index (κ3) is 3.78. The topological polar surface area (TPSA) is 46.3 Å². The van der Waals surface area contributed by atoms with Crippen molar-refractivity contribution in [1.29, 1.82) is 0 Å². The summed E-state index contributed by atoms with van der Waals surface area (Å²) < 4.78 is 0.792. The number of hydrogen-bond donors (Lipinski definition) is 1. The van der Waals surface area contributed by atoms with E-state index in [1.54, 1.807) is 18.0 Å². The summed E-state index contributed by atoms with van der Waals surface area (Å²) in [5.74, 6) is -0.0259. The molecule has 0 aliphatic heterocycles. The van der Waals surface area contributed by atoms with E-state index < -0.39 is 0 Å². The number of nitrogens with zero attached hydrogens (tertiary/aromatic N) is 1. The van der Waals surface area contributed by atoms with Crippen molar-refractivity contribution in [2.75, 3.05) is 13.6 Å². The Bertz CT molecular complexity index is 436. The molecule has 0 aromatic heterocycles. The predicted molar refractivity (Wildman–Crippen MR) is 77.1 cm³/mol. The zero-order valence-electron chi connectivity index (χ0n) is 9.81. The molecule has 3 nitrogen and oxygen atoms in total. The van der Waals surface area contributed by atoms with E-state index in [0.717, 1.165) is 4.47 Å². The fourth-order valence-corrected chi connectivity index (χ4v) is 1.95. The van der Waals surface area contributed by atoms with Crippen molar-refractivity contribution in [3.8, 4) is 0 Å². The van der Waals surface area contributed by atoms with E-state index in [4.69, 9.17) is 18.0 Å². The van der Waals surface area contributed by atoms with Crippen molar-refractivity contribution in [2.45, 2.75) is 6.92 Å². The van der Waals surface area contributed by atoms with E-state index >= 15 is 0 Å². The second-order valence-electron chi connectivity index (χ2n) is 3.97. The van der Waals surface area contributed by atoms with Crippen LogP contribution in [0.5, 0.6) is 0 Å². The third-order valence-corrected chi connectivity index (χ3v) is 3.58. The van der Waals surface area contributed by atoms with Crippen molar-refractivity contribution < 1.29 is 4.79 Å². The summed E-state index contributed by atoms with van der Waals surface area (Å²) in [6.07, 6.45) is 0. The number of nitrogens with two attached hydrogens (primary N) is 1. The molecule has 0 aliphatic rings. The van der Waals surface area contributed by atoms with Crippen LogP contribution < -0.4 is 5.73 Å². The number of carbonyl (C=O) groups excluding carboxylic acids is 1. The first-order valence-corrected chi connectivity index (χ1v) is 6.43. The highest BCUT2D eigenvalue weighted by Crippen LogP contribution is 2.17. The summed E-state index contributed by atoms with van der Waals surface area (Å²) in [5, 5.41) is 0. The second kappa shape index (κ2) is 6.12. The average Bonchev–Trinajstić information content (AvgIpc) is 2.28. The molecule has 2 N–H and O–H groups in total. The maximum absolute atomic E-state index is 12.1. The van der Waals surface area contributed by atoms with Crippen LogP contribution in [0.25, 0.3) is 0 Å². The predicted octanol–water partition coefficient (Wildman–Crippen LogP) is 2.44. The highest BCUT2D eigenvalue weighted by molar-refractivity contribution is 9.10. The standard InChI is InChI=1S/C12H15BrN2OS/c1-8(11(14)17)7-15(2)12(16)9-5-3-4-6-10(9)13/h3-6,8H,7H2,1-2H3,(H2,14,17). The molecule has 1 unspecified atom stereocenters. The first-order valence-electron chi connectivity index (χ1n) is 5.22. The Hall–Kier alpha value is -0.940. The third-order valence-electron chi connectivity index (χ3n) is 2.48. The first kappa shape index (κ1) is 14.1. The number of halogens is 1. The van der Waals surface area contributed by atoms with Gasteiger partial charge in [-0.3, -0.25) is 4.79 Å². The summed E-state index contributed by atoms with van der Waals surface area (Å²) in [5.41, 5.74) is 6.18. The quantitative estimate of drug-likeness (QED) is 0.868. The Kier molecular flexibility index (Phi) is 5.08. The molecule has 92 valence electrons. The van der Waals surface area contributed by atoms with Gasteiger partial charge in [0.2, 0.25) is 0 Å². The Labute approximate surface area is 115 Å². The lowest BCUT2D eigenvalue weighted by Gasteiger charge is -2.21. The summed E-state index contributed by atoms with van der Waals surface area (Å²) >= 11 is 8.26. The lowest BCUT2D eigenvalue weighted by Crippen LogP contribution is -2.35. The van der Waals surface area contributed by atoms with Gasteiger partial charge < -0.3 is 10.6 Å². The number of thiocarbonyl (C=S) groups is 1. The largest absolute Gasteiger partial charge is 0.393 e. The van der Waals surface area contributed by atoms with Crippen LogP contribution in [0.1, 0.15) is 17.3 Å². The summed E-state index contributed by atoms with van der Waals surface area (Å²) in [6.45, 7) is 2.43. The van der Waals surface area contributed by atoms with Crippen molar-refractivity contribution >= 4 is 39.0 Å². The molecular formula is C12H15BrN2OS. The van der Waals surface area contributed by atoms with Gasteiger partial charge in [-0.25, -0.2) is 0 Å². The lowest BCUT2D eigenvalue weighted by molar-refractivity contribution is 0.0786. The van der Waals surface area contributed by atoms with Gasteiger partial charge in [-0.05, 0) is 28.1 Å². The van der Waals surface area contributed by atoms with Crippen molar-refractivity contribution in [3.05, 3.63) is 34.3 Å². The molecule has 0 aliphatic carbocycles. The van der Waals surface area contributed by atoms with Crippen LogP contribution in [-0.4, -0.2) is 29.4 Å². The fourth-order valence-electron chi connectivity index (χ4n) is 1.42. The molecule has 0 radical (unpaired) electrons. The molecule has 5 heteroatoms. The molecular weight excluding hydrogens is 300 g/mol. The molecule has 1 aromatic carbocycles. The highest BCUT2D eigenvalue weighted by Gasteiger charge is 2.17. The Morgan fingerprint density at radius 3 is 2.65 bits per heavy atom.